The first kappa shape index (κ1) is 22.8. The van der Waals surface area contributed by atoms with E-state index in [0.29, 0.717) is 48.5 Å². The lowest BCUT2D eigenvalue weighted by molar-refractivity contribution is 0.0772. The van der Waals surface area contributed by atoms with E-state index in [1.165, 1.54) is 14.2 Å². The first-order valence-electron chi connectivity index (χ1n) is 10.3. The van der Waals surface area contributed by atoms with Gasteiger partial charge >= 0.3 is 6.01 Å². The number of aromatic nitrogens is 3. The van der Waals surface area contributed by atoms with Crippen molar-refractivity contribution < 1.29 is 19.0 Å². The van der Waals surface area contributed by atoms with Gasteiger partial charge in [-0.2, -0.15) is 9.97 Å². The van der Waals surface area contributed by atoms with E-state index in [1.807, 2.05) is 38.1 Å². The van der Waals surface area contributed by atoms with E-state index in [1.54, 1.807) is 29.3 Å². The molecule has 0 radical (unpaired) electrons. The van der Waals surface area contributed by atoms with Crippen molar-refractivity contribution in [2.75, 3.05) is 32.6 Å². The Kier molecular flexibility index (Phi) is 7.80. The molecular weight excluding hydrogens is 410 g/mol. The number of anilines is 1. The number of hydrogen-bond acceptors (Lipinski definition) is 8. The van der Waals surface area contributed by atoms with Crippen LogP contribution in [-0.2, 0) is 6.54 Å². The lowest BCUT2D eigenvalue weighted by atomic mass is 10.2. The third kappa shape index (κ3) is 5.63. The van der Waals surface area contributed by atoms with Gasteiger partial charge in [0.05, 0.1) is 25.8 Å². The Morgan fingerprint density at radius 2 is 1.69 bits per heavy atom. The monoisotopic (exact) mass is 437 g/mol. The Hall–Kier alpha value is -3.88. The highest BCUT2D eigenvalue weighted by Gasteiger charge is 2.13. The summed E-state index contributed by atoms with van der Waals surface area (Å²) in [6, 6.07) is 12.8. The lowest BCUT2D eigenvalue weighted by Crippen LogP contribution is -2.30. The molecule has 1 amide bonds. The summed E-state index contributed by atoms with van der Waals surface area (Å²) in [5, 5.41) is 3.25. The Labute approximate surface area is 187 Å². The van der Waals surface area contributed by atoms with Crippen molar-refractivity contribution in [2.24, 2.45) is 0 Å². The number of amides is 1. The van der Waals surface area contributed by atoms with E-state index in [-0.39, 0.29) is 11.9 Å². The Morgan fingerprint density at radius 3 is 2.28 bits per heavy atom. The zero-order chi connectivity index (χ0) is 22.9. The summed E-state index contributed by atoms with van der Waals surface area (Å²) < 4.78 is 16.2. The maximum atomic E-state index is 12.4. The van der Waals surface area contributed by atoms with E-state index in [4.69, 9.17) is 14.2 Å². The maximum absolute atomic E-state index is 12.4. The molecule has 0 saturated heterocycles. The molecule has 9 heteroatoms. The molecule has 1 aromatic carbocycles. The summed E-state index contributed by atoms with van der Waals surface area (Å²) in [6.07, 6.45) is 1.59. The molecule has 2 aromatic heterocycles. The highest BCUT2D eigenvalue weighted by Crippen LogP contribution is 2.27. The standard InChI is InChI=1S/C23H27N5O4/c1-5-28(6-2)22(29)17-11-12-19(25-15-17)24-14-16-9-7-8-10-18(16)32-23-26-20(30-3)13-21(27-23)31-4/h7-13,15H,5-6,14H2,1-4H3,(H,24,25). The fraction of sp³-hybridized carbons (Fsp3) is 0.304. The van der Waals surface area contributed by atoms with Crippen molar-refractivity contribution >= 4 is 11.7 Å². The molecule has 3 aromatic rings. The minimum absolute atomic E-state index is 0.0264. The number of hydrogen-bond donors (Lipinski definition) is 1. The lowest BCUT2D eigenvalue weighted by Gasteiger charge is -2.18. The highest BCUT2D eigenvalue weighted by molar-refractivity contribution is 5.94. The summed E-state index contributed by atoms with van der Waals surface area (Å²) in [7, 11) is 3.02. The summed E-state index contributed by atoms with van der Waals surface area (Å²) in [6.45, 7) is 5.69. The molecule has 1 N–H and O–H groups in total. The number of nitrogens with zero attached hydrogens (tertiary/aromatic N) is 4. The molecule has 0 saturated carbocycles. The fourth-order valence-corrected chi connectivity index (χ4v) is 2.99. The molecule has 3 rings (SSSR count). The van der Waals surface area contributed by atoms with Crippen LogP contribution >= 0.6 is 0 Å². The van der Waals surface area contributed by atoms with Gasteiger partial charge in [0, 0.05) is 31.4 Å². The number of methoxy groups -OCH3 is 2. The number of carbonyl (C=O) groups excluding carboxylic acids is 1. The van der Waals surface area contributed by atoms with Crippen LogP contribution in [0.5, 0.6) is 23.5 Å². The minimum Gasteiger partial charge on any atom is -0.481 e. The van der Waals surface area contributed by atoms with Gasteiger partial charge in [0.2, 0.25) is 11.8 Å². The van der Waals surface area contributed by atoms with Crippen LogP contribution in [0.4, 0.5) is 5.82 Å². The molecule has 0 fully saturated rings. The van der Waals surface area contributed by atoms with Crippen LogP contribution in [0.2, 0.25) is 0 Å². The number of rotatable bonds is 10. The average molecular weight is 438 g/mol. The number of para-hydroxylation sites is 1. The van der Waals surface area contributed by atoms with Gasteiger partial charge in [-0.3, -0.25) is 4.79 Å². The third-order valence-corrected chi connectivity index (χ3v) is 4.77. The van der Waals surface area contributed by atoms with Gasteiger partial charge < -0.3 is 24.4 Å². The summed E-state index contributed by atoms with van der Waals surface area (Å²) in [5.41, 5.74) is 1.44. The molecule has 0 bridgehead atoms. The Morgan fingerprint density at radius 1 is 1.00 bits per heavy atom. The van der Waals surface area contributed by atoms with E-state index >= 15 is 0 Å². The van der Waals surface area contributed by atoms with E-state index < -0.39 is 0 Å². The minimum atomic E-state index is -0.0264. The van der Waals surface area contributed by atoms with Crippen molar-refractivity contribution in [1.29, 1.82) is 0 Å². The predicted octanol–water partition coefficient (Wildman–Crippen LogP) is 3.78. The van der Waals surface area contributed by atoms with Gasteiger partial charge in [0.25, 0.3) is 5.91 Å². The third-order valence-electron chi connectivity index (χ3n) is 4.77. The number of benzene rings is 1. The molecule has 0 aliphatic rings. The molecule has 32 heavy (non-hydrogen) atoms. The molecule has 0 atom stereocenters. The van der Waals surface area contributed by atoms with Crippen molar-refractivity contribution in [3.63, 3.8) is 0 Å². The van der Waals surface area contributed by atoms with Crippen molar-refractivity contribution in [1.82, 2.24) is 19.9 Å². The molecule has 0 spiro atoms. The number of ether oxygens (including phenoxy) is 3. The summed E-state index contributed by atoms with van der Waals surface area (Å²) >= 11 is 0. The number of pyridine rings is 1. The molecule has 0 aliphatic carbocycles. The smallest absolute Gasteiger partial charge is 0.328 e. The van der Waals surface area contributed by atoms with Crippen LogP contribution in [0.15, 0.2) is 48.7 Å². The second-order valence-electron chi connectivity index (χ2n) is 6.71. The van der Waals surface area contributed by atoms with Gasteiger partial charge in [-0.1, -0.05) is 18.2 Å². The van der Waals surface area contributed by atoms with Gasteiger partial charge in [0.1, 0.15) is 11.6 Å². The first-order valence-corrected chi connectivity index (χ1v) is 10.3. The SMILES string of the molecule is CCN(CC)C(=O)c1ccc(NCc2ccccc2Oc2nc(OC)cc(OC)n2)nc1. The van der Waals surface area contributed by atoms with E-state index in [2.05, 4.69) is 20.3 Å². The quantitative estimate of drug-likeness (QED) is 0.512. The average Bonchev–Trinajstić information content (AvgIpc) is 2.84. The van der Waals surface area contributed by atoms with Gasteiger partial charge in [-0.25, -0.2) is 4.98 Å². The van der Waals surface area contributed by atoms with Crippen LogP contribution in [-0.4, -0.2) is 53.1 Å². The van der Waals surface area contributed by atoms with Gasteiger partial charge in [-0.15, -0.1) is 0 Å². The van der Waals surface area contributed by atoms with Crippen LogP contribution in [0.3, 0.4) is 0 Å². The number of carbonyl (C=O) groups is 1. The predicted molar refractivity (Wildman–Crippen MR) is 120 cm³/mol. The maximum Gasteiger partial charge on any atom is 0.328 e. The molecule has 2 heterocycles. The van der Waals surface area contributed by atoms with Crippen LogP contribution in [0.1, 0.15) is 29.8 Å². The van der Waals surface area contributed by atoms with Crippen molar-refractivity contribution in [3.8, 4) is 23.5 Å². The second kappa shape index (κ2) is 10.9. The van der Waals surface area contributed by atoms with Crippen LogP contribution in [0, 0.1) is 0 Å². The normalized spacial score (nSPS) is 10.4. The van der Waals surface area contributed by atoms with Gasteiger partial charge in [0.15, 0.2) is 0 Å². The van der Waals surface area contributed by atoms with Crippen molar-refractivity contribution in [3.05, 3.63) is 59.8 Å². The Balaban J connectivity index is 1.70. The number of nitrogens with one attached hydrogen (secondary N) is 1. The zero-order valence-corrected chi connectivity index (χ0v) is 18.7. The summed E-state index contributed by atoms with van der Waals surface area (Å²) in [4.78, 5) is 27.0. The van der Waals surface area contributed by atoms with E-state index in [9.17, 15) is 4.79 Å². The zero-order valence-electron chi connectivity index (χ0n) is 18.7. The van der Waals surface area contributed by atoms with Crippen molar-refractivity contribution in [2.45, 2.75) is 20.4 Å². The molecule has 0 unspecified atom stereocenters. The van der Waals surface area contributed by atoms with Gasteiger partial charge in [-0.05, 0) is 32.0 Å². The van der Waals surface area contributed by atoms with Crippen LogP contribution in [0.25, 0.3) is 0 Å². The molecular formula is C23H27N5O4. The van der Waals surface area contributed by atoms with E-state index in [0.717, 1.165) is 5.56 Å². The Bertz CT molecular complexity index is 1020. The fourth-order valence-electron chi connectivity index (χ4n) is 2.99. The largest absolute Gasteiger partial charge is 0.481 e. The molecule has 9 nitrogen and oxygen atoms in total. The first-order chi connectivity index (χ1) is 15.6. The highest BCUT2D eigenvalue weighted by atomic mass is 16.5. The molecule has 0 aliphatic heterocycles. The summed E-state index contributed by atoms with van der Waals surface area (Å²) in [5.74, 6) is 1.89. The van der Waals surface area contributed by atoms with Crippen LogP contribution < -0.4 is 19.5 Å². The second-order valence-corrected chi connectivity index (χ2v) is 6.71. The molecule has 168 valence electrons. The topological polar surface area (TPSA) is 98.7 Å².